The minimum atomic E-state index is -0.475. The van der Waals surface area contributed by atoms with E-state index in [1.54, 1.807) is 6.92 Å². The molecule has 3 N–H and O–H groups in total. The van der Waals surface area contributed by atoms with Crippen molar-refractivity contribution in [2.75, 3.05) is 13.1 Å². The monoisotopic (exact) mass is 201 g/mol. The number of rotatable bonds is 5. The van der Waals surface area contributed by atoms with E-state index in [4.69, 9.17) is 5.11 Å². The van der Waals surface area contributed by atoms with Crippen LogP contribution in [0.3, 0.4) is 0 Å². The predicted octanol–water partition coefficient (Wildman–Crippen LogP) is 1.04. The molecule has 3 nitrogen and oxygen atoms in total. The van der Waals surface area contributed by atoms with Crippen LogP contribution in [0.5, 0.6) is 0 Å². The molecule has 0 aromatic rings. The average molecular weight is 201 g/mol. The Hall–Kier alpha value is -0.120. The first-order valence-corrected chi connectivity index (χ1v) is 5.74. The van der Waals surface area contributed by atoms with Crippen LogP contribution in [-0.4, -0.2) is 35.0 Å². The molecule has 0 spiro atoms. The number of nitrogens with one attached hydrogen (secondary N) is 1. The van der Waals surface area contributed by atoms with Gasteiger partial charge in [0.15, 0.2) is 0 Å². The van der Waals surface area contributed by atoms with E-state index in [9.17, 15) is 5.11 Å². The lowest BCUT2D eigenvalue weighted by molar-refractivity contribution is 0.00445. The van der Waals surface area contributed by atoms with Crippen molar-refractivity contribution < 1.29 is 10.2 Å². The van der Waals surface area contributed by atoms with E-state index in [2.05, 4.69) is 5.32 Å². The molecule has 1 fully saturated rings. The van der Waals surface area contributed by atoms with Gasteiger partial charge >= 0.3 is 0 Å². The average Bonchev–Trinajstić information content (AvgIpc) is 2.14. The molecule has 1 rings (SSSR count). The van der Waals surface area contributed by atoms with Gasteiger partial charge in [-0.1, -0.05) is 19.3 Å². The Morgan fingerprint density at radius 1 is 1.29 bits per heavy atom. The van der Waals surface area contributed by atoms with Gasteiger partial charge in [0.05, 0.1) is 11.7 Å². The highest BCUT2D eigenvalue weighted by Crippen LogP contribution is 2.27. The highest BCUT2D eigenvalue weighted by molar-refractivity contribution is 4.84. The molecule has 0 bridgehead atoms. The van der Waals surface area contributed by atoms with Crippen LogP contribution in [0.15, 0.2) is 0 Å². The fraction of sp³-hybridized carbons (Fsp3) is 1.00. The first-order valence-electron chi connectivity index (χ1n) is 5.74. The van der Waals surface area contributed by atoms with Crippen LogP contribution in [0.1, 0.15) is 45.4 Å². The molecular formula is C11H23NO2. The molecule has 0 saturated heterocycles. The molecule has 1 atom stereocenters. The fourth-order valence-electron chi connectivity index (χ4n) is 2.02. The molecule has 0 aromatic carbocycles. The van der Waals surface area contributed by atoms with Crippen molar-refractivity contribution in [3.8, 4) is 0 Å². The van der Waals surface area contributed by atoms with Crippen LogP contribution in [0.4, 0.5) is 0 Å². The molecule has 84 valence electrons. The van der Waals surface area contributed by atoms with Gasteiger partial charge in [-0.3, -0.25) is 0 Å². The Morgan fingerprint density at radius 2 is 1.93 bits per heavy atom. The van der Waals surface area contributed by atoms with E-state index in [0.717, 1.165) is 38.6 Å². The minimum Gasteiger partial charge on any atom is -0.393 e. The van der Waals surface area contributed by atoms with E-state index < -0.39 is 5.60 Å². The predicted molar refractivity (Wildman–Crippen MR) is 57.2 cm³/mol. The van der Waals surface area contributed by atoms with Crippen molar-refractivity contribution in [1.82, 2.24) is 5.32 Å². The first-order chi connectivity index (χ1) is 6.62. The van der Waals surface area contributed by atoms with Gasteiger partial charge in [0.1, 0.15) is 0 Å². The van der Waals surface area contributed by atoms with Gasteiger partial charge in [0.2, 0.25) is 0 Å². The van der Waals surface area contributed by atoms with Crippen molar-refractivity contribution in [2.45, 2.75) is 57.2 Å². The van der Waals surface area contributed by atoms with Gasteiger partial charge < -0.3 is 15.5 Å². The first kappa shape index (κ1) is 12.0. The van der Waals surface area contributed by atoms with Gasteiger partial charge in [-0.15, -0.1) is 0 Å². The van der Waals surface area contributed by atoms with Crippen LogP contribution >= 0.6 is 0 Å². The second-order valence-electron chi connectivity index (χ2n) is 4.60. The largest absolute Gasteiger partial charge is 0.393 e. The maximum Gasteiger partial charge on any atom is 0.0771 e. The molecule has 14 heavy (non-hydrogen) atoms. The van der Waals surface area contributed by atoms with Crippen molar-refractivity contribution in [3.63, 3.8) is 0 Å². The highest BCUT2D eigenvalue weighted by atomic mass is 16.3. The second kappa shape index (κ2) is 5.69. The van der Waals surface area contributed by atoms with E-state index in [1.165, 1.54) is 6.42 Å². The van der Waals surface area contributed by atoms with Gasteiger partial charge in [-0.2, -0.15) is 0 Å². The van der Waals surface area contributed by atoms with Gasteiger partial charge in [-0.05, 0) is 32.7 Å². The Kier molecular flexibility index (Phi) is 4.85. The van der Waals surface area contributed by atoms with Crippen LogP contribution < -0.4 is 5.32 Å². The topological polar surface area (TPSA) is 52.5 Å². The second-order valence-corrected chi connectivity index (χ2v) is 4.60. The standard InChI is InChI=1S/C11H23NO2/c1-10(13)5-8-12-9-11(14)6-3-2-4-7-11/h10,12-14H,2-9H2,1H3. The molecular weight excluding hydrogens is 178 g/mol. The summed E-state index contributed by atoms with van der Waals surface area (Å²) < 4.78 is 0. The van der Waals surface area contributed by atoms with E-state index in [1.807, 2.05) is 0 Å². The van der Waals surface area contributed by atoms with Crippen molar-refractivity contribution >= 4 is 0 Å². The third-order valence-corrected chi connectivity index (χ3v) is 2.98. The maximum absolute atomic E-state index is 10.1. The molecule has 1 unspecified atom stereocenters. The third kappa shape index (κ3) is 4.40. The zero-order chi connectivity index (χ0) is 10.4. The molecule has 1 saturated carbocycles. The lowest BCUT2D eigenvalue weighted by atomic mass is 9.85. The summed E-state index contributed by atoms with van der Waals surface area (Å²) in [6, 6.07) is 0. The molecule has 0 aromatic heterocycles. The van der Waals surface area contributed by atoms with Crippen LogP contribution in [0.25, 0.3) is 0 Å². The maximum atomic E-state index is 10.1. The number of hydrogen-bond acceptors (Lipinski definition) is 3. The summed E-state index contributed by atoms with van der Waals surface area (Å²) in [4.78, 5) is 0. The van der Waals surface area contributed by atoms with Crippen molar-refractivity contribution in [3.05, 3.63) is 0 Å². The summed E-state index contributed by atoms with van der Waals surface area (Å²) in [6.45, 7) is 3.26. The zero-order valence-electron chi connectivity index (χ0n) is 9.13. The Bertz CT molecular complexity index is 153. The lowest BCUT2D eigenvalue weighted by Crippen LogP contribution is -2.42. The SMILES string of the molecule is CC(O)CCNCC1(O)CCCCC1. The fourth-order valence-corrected chi connectivity index (χ4v) is 2.02. The summed E-state index contributed by atoms with van der Waals surface area (Å²) in [5.41, 5.74) is -0.475. The van der Waals surface area contributed by atoms with Gasteiger partial charge in [0.25, 0.3) is 0 Å². The smallest absolute Gasteiger partial charge is 0.0771 e. The summed E-state index contributed by atoms with van der Waals surface area (Å²) >= 11 is 0. The summed E-state index contributed by atoms with van der Waals surface area (Å²) in [5.74, 6) is 0. The zero-order valence-corrected chi connectivity index (χ0v) is 9.13. The molecule has 0 amide bonds. The van der Waals surface area contributed by atoms with Crippen LogP contribution in [0.2, 0.25) is 0 Å². The molecule has 0 aliphatic heterocycles. The highest BCUT2D eigenvalue weighted by Gasteiger charge is 2.28. The van der Waals surface area contributed by atoms with Crippen LogP contribution in [0, 0.1) is 0 Å². The Morgan fingerprint density at radius 3 is 2.50 bits per heavy atom. The molecule has 1 aliphatic rings. The van der Waals surface area contributed by atoms with E-state index >= 15 is 0 Å². The number of hydrogen-bond donors (Lipinski definition) is 3. The summed E-state index contributed by atoms with van der Waals surface area (Å²) in [7, 11) is 0. The Labute approximate surface area is 86.5 Å². The Balaban J connectivity index is 2.09. The summed E-state index contributed by atoms with van der Waals surface area (Å²) in [6.07, 6.45) is 5.92. The minimum absolute atomic E-state index is 0.247. The van der Waals surface area contributed by atoms with Gasteiger partial charge in [0, 0.05) is 6.54 Å². The van der Waals surface area contributed by atoms with Gasteiger partial charge in [-0.25, -0.2) is 0 Å². The molecule has 3 heteroatoms. The molecule has 1 aliphatic carbocycles. The van der Waals surface area contributed by atoms with Crippen molar-refractivity contribution in [2.24, 2.45) is 0 Å². The quantitative estimate of drug-likeness (QED) is 0.583. The van der Waals surface area contributed by atoms with E-state index in [-0.39, 0.29) is 6.10 Å². The van der Waals surface area contributed by atoms with Crippen LogP contribution in [-0.2, 0) is 0 Å². The van der Waals surface area contributed by atoms with Crippen molar-refractivity contribution in [1.29, 1.82) is 0 Å². The normalized spacial score (nSPS) is 23.4. The number of aliphatic hydroxyl groups is 2. The molecule has 0 radical (unpaired) electrons. The number of aliphatic hydroxyl groups excluding tert-OH is 1. The van der Waals surface area contributed by atoms with E-state index in [0.29, 0.717) is 6.54 Å². The molecule has 0 heterocycles. The third-order valence-electron chi connectivity index (χ3n) is 2.98. The summed E-state index contributed by atoms with van der Waals surface area (Å²) in [5, 5.41) is 22.4. The lowest BCUT2D eigenvalue weighted by Gasteiger charge is -2.32.